The minimum atomic E-state index is -0.690. The number of Topliss-reactive ketones (excluding diaryl/α,β-unsaturated/α-hetero) is 1. The summed E-state index contributed by atoms with van der Waals surface area (Å²) in [4.78, 5) is 56.3. The van der Waals surface area contributed by atoms with Gasteiger partial charge in [-0.25, -0.2) is 0 Å². The normalized spacial score (nSPS) is 27.4. The quantitative estimate of drug-likeness (QED) is 0.277. The van der Waals surface area contributed by atoms with Gasteiger partial charge < -0.3 is 9.84 Å². The molecular formula is C36H35NO6. The van der Waals surface area contributed by atoms with Gasteiger partial charge in [0.2, 0.25) is 11.8 Å². The molecule has 1 heterocycles. The molecule has 220 valence electrons. The first kappa shape index (κ1) is 27.6. The minimum absolute atomic E-state index is 0.0452. The molecule has 4 aliphatic carbocycles. The number of benzene rings is 2. The number of likely N-dealkylation sites (tertiary alicyclic amines) is 1. The zero-order valence-corrected chi connectivity index (χ0v) is 24.3. The number of amides is 2. The van der Waals surface area contributed by atoms with Gasteiger partial charge in [0.15, 0.2) is 11.6 Å². The van der Waals surface area contributed by atoms with Crippen molar-refractivity contribution in [2.45, 2.75) is 70.4 Å². The maximum atomic E-state index is 14.0. The van der Waals surface area contributed by atoms with Gasteiger partial charge in [-0.15, -0.1) is 0 Å². The van der Waals surface area contributed by atoms with Crippen LogP contribution >= 0.6 is 0 Å². The fourth-order valence-electron chi connectivity index (χ4n) is 8.04. The molecule has 43 heavy (non-hydrogen) atoms. The Kier molecular flexibility index (Phi) is 6.91. The molecule has 2 fully saturated rings. The van der Waals surface area contributed by atoms with Gasteiger partial charge in [-0.2, -0.15) is 0 Å². The van der Waals surface area contributed by atoms with Gasteiger partial charge in [0.25, 0.3) is 0 Å². The van der Waals surface area contributed by atoms with E-state index in [2.05, 4.69) is 0 Å². The van der Waals surface area contributed by atoms with E-state index in [0.717, 1.165) is 43.2 Å². The topological polar surface area (TPSA) is 101 Å². The predicted molar refractivity (Wildman–Crippen MR) is 159 cm³/mol. The van der Waals surface area contributed by atoms with Crippen LogP contribution in [-0.4, -0.2) is 39.4 Å². The van der Waals surface area contributed by atoms with Crippen molar-refractivity contribution < 1.29 is 29.0 Å². The number of carbonyl (C=O) groups excluding carboxylic acids is 4. The summed E-state index contributed by atoms with van der Waals surface area (Å²) in [6.07, 6.45) is 8.83. The number of rotatable bonds is 5. The van der Waals surface area contributed by atoms with Crippen LogP contribution in [0, 0.1) is 17.8 Å². The van der Waals surface area contributed by atoms with E-state index in [9.17, 15) is 24.3 Å². The minimum Gasteiger partial charge on any atom is -0.507 e. The number of imide groups is 1. The molecule has 7 nitrogen and oxygen atoms in total. The van der Waals surface area contributed by atoms with Gasteiger partial charge in [-0.1, -0.05) is 67.3 Å². The first-order valence-electron chi connectivity index (χ1n) is 15.4. The zero-order chi connectivity index (χ0) is 29.8. The van der Waals surface area contributed by atoms with E-state index >= 15 is 0 Å². The van der Waals surface area contributed by atoms with Gasteiger partial charge in [-0.05, 0) is 56.2 Å². The van der Waals surface area contributed by atoms with Gasteiger partial charge in [0, 0.05) is 40.3 Å². The molecule has 0 spiro atoms. The molecule has 7 heteroatoms. The van der Waals surface area contributed by atoms with Crippen LogP contribution in [0.2, 0.25) is 0 Å². The summed E-state index contributed by atoms with van der Waals surface area (Å²) in [7, 11) is 0. The lowest BCUT2D eigenvalue weighted by atomic mass is 9.59. The molecule has 0 radical (unpaired) electrons. The number of phenols is 1. The molecular weight excluding hydrogens is 542 g/mol. The van der Waals surface area contributed by atoms with E-state index in [1.165, 1.54) is 6.08 Å². The highest BCUT2D eigenvalue weighted by Crippen LogP contribution is 2.56. The van der Waals surface area contributed by atoms with Crippen molar-refractivity contribution in [2.75, 3.05) is 0 Å². The molecule has 4 atom stereocenters. The van der Waals surface area contributed by atoms with Crippen LogP contribution in [0.1, 0.15) is 68.9 Å². The summed E-state index contributed by atoms with van der Waals surface area (Å²) in [6.45, 7) is 1.97. The molecule has 1 N–H and O–H groups in total. The summed E-state index contributed by atoms with van der Waals surface area (Å²) in [5, 5.41) is 11.4. The maximum Gasteiger partial charge on any atom is 0.233 e. The molecule has 1 aliphatic heterocycles. The third kappa shape index (κ3) is 4.57. The van der Waals surface area contributed by atoms with Crippen molar-refractivity contribution in [1.29, 1.82) is 0 Å². The lowest BCUT2D eigenvalue weighted by molar-refractivity contribution is -0.143. The lowest BCUT2D eigenvalue weighted by Crippen LogP contribution is -2.43. The Morgan fingerprint density at radius 2 is 1.70 bits per heavy atom. The SMILES string of the molecule is CC1=CC(=O)C2=C(C1=O)C(c1ccc(OCc3ccccc3)cc1O)C1=CCC3C(=O)N(C4CCCCC4)C(=O)C3C1C2. The van der Waals surface area contributed by atoms with Crippen molar-refractivity contribution in [3.05, 3.63) is 94.1 Å². The Bertz CT molecular complexity index is 1630. The Hall–Kier alpha value is -4.26. The van der Waals surface area contributed by atoms with Crippen molar-refractivity contribution in [1.82, 2.24) is 4.90 Å². The summed E-state index contributed by atoms with van der Waals surface area (Å²) in [5.74, 6) is -2.38. The number of aromatic hydroxyl groups is 1. The highest BCUT2D eigenvalue weighted by molar-refractivity contribution is 6.24. The van der Waals surface area contributed by atoms with Crippen molar-refractivity contribution in [3.8, 4) is 11.5 Å². The second-order valence-corrected chi connectivity index (χ2v) is 12.6. The number of fused-ring (bicyclic) bond motifs is 3. The molecule has 1 saturated carbocycles. The zero-order valence-electron chi connectivity index (χ0n) is 24.3. The number of ketones is 2. The number of ether oxygens (including phenoxy) is 1. The van der Waals surface area contributed by atoms with Crippen LogP contribution in [0.4, 0.5) is 0 Å². The standard InChI is InChI=1S/C36H35NO6/c1-20-16-29(38)28-18-27-24(14-15-26-32(27)36(42)37(35(26)41)22-10-6-3-7-11-22)31(33(28)34(20)40)25-13-12-23(17-30(25)39)43-19-21-8-4-2-5-9-21/h2,4-5,8-9,12-14,16-17,22,26-27,31-32,39H,3,6-7,10-11,15,18-19H2,1H3. The smallest absolute Gasteiger partial charge is 0.233 e. The highest BCUT2D eigenvalue weighted by atomic mass is 16.5. The Morgan fingerprint density at radius 3 is 2.44 bits per heavy atom. The average Bonchev–Trinajstić information content (AvgIpc) is 3.28. The second kappa shape index (κ2) is 10.8. The van der Waals surface area contributed by atoms with Crippen molar-refractivity contribution >= 4 is 23.4 Å². The number of phenolic OH excluding ortho intramolecular Hbond substituents is 1. The van der Waals surface area contributed by atoms with Crippen LogP contribution < -0.4 is 4.74 Å². The first-order valence-corrected chi connectivity index (χ1v) is 15.4. The average molecular weight is 578 g/mol. The molecule has 7 rings (SSSR count). The number of hydrogen-bond donors (Lipinski definition) is 1. The number of hydrogen-bond acceptors (Lipinski definition) is 6. The maximum absolute atomic E-state index is 14.0. The van der Waals surface area contributed by atoms with Crippen molar-refractivity contribution in [3.63, 3.8) is 0 Å². The molecule has 4 unspecified atom stereocenters. The fraction of sp³-hybridized carbons (Fsp3) is 0.389. The Balaban J connectivity index is 1.26. The van der Waals surface area contributed by atoms with Gasteiger partial charge in [0.05, 0.1) is 11.8 Å². The van der Waals surface area contributed by atoms with Crippen LogP contribution in [-0.2, 0) is 25.8 Å². The second-order valence-electron chi connectivity index (χ2n) is 12.6. The number of allylic oxidation sites excluding steroid dienone is 6. The van der Waals surface area contributed by atoms with E-state index in [-0.39, 0.29) is 41.6 Å². The van der Waals surface area contributed by atoms with E-state index in [1.807, 2.05) is 36.4 Å². The lowest BCUT2D eigenvalue weighted by Gasteiger charge is -2.42. The van der Waals surface area contributed by atoms with Crippen LogP contribution in [0.3, 0.4) is 0 Å². The molecule has 2 amide bonds. The van der Waals surface area contributed by atoms with E-state index < -0.39 is 23.7 Å². The number of carbonyl (C=O) groups is 4. The number of nitrogens with zero attached hydrogens (tertiary/aromatic N) is 1. The third-order valence-electron chi connectivity index (χ3n) is 10.1. The molecule has 2 aromatic carbocycles. The van der Waals surface area contributed by atoms with E-state index in [0.29, 0.717) is 41.1 Å². The molecule has 5 aliphatic rings. The van der Waals surface area contributed by atoms with E-state index in [4.69, 9.17) is 4.74 Å². The highest BCUT2D eigenvalue weighted by Gasteiger charge is 2.57. The molecule has 0 bridgehead atoms. The van der Waals surface area contributed by atoms with Crippen molar-refractivity contribution in [2.24, 2.45) is 17.8 Å². The first-order chi connectivity index (χ1) is 20.8. The third-order valence-corrected chi connectivity index (χ3v) is 10.1. The Morgan fingerprint density at radius 1 is 0.930 bits per heavy atom. The van der Waals surface area contributed by atoms with Crippen LogP contribution in [0.5, 0.6) is 11.5 Å². The predicted octanol–water partition coefficient (Wildman–Crippen LogP) is 5.73. The summed E-state index contributed by atoms with van der Waals surface area (Å²) < 4.78 is 5.93. The van der Waals surface area contributed by atoms with Crippen LogP contribution in [0.15, 0.2) is 83.0 Å². The summed E-state index contributed by atoms with van der Waals surface area (Å²) in [6, 6.07) is 14.7. The fourth-order valence-corrected chi connectivity index (χ4v) is 8.04. The molecule has 0 aromatic heterocycles. The Labute approximate surface area is 250 Å². The molecule has 2 aromatic rings. The van der Waals surface area contributed by atoms with Crippen LogP contribution in [0.25, 0.3) is 0 Å². The summed E-state index contributed by atoms with van der Waals surface area (Å²) in [5.41, 5.74) is 3.45. The van der Waals surface area contributed by atoms with Gasteiger partial charge in [0.1, 0.15) is 18.1 Å². The van der Waals surface area contributed by atoms with Gasteiger partial charge in [-0.3, -0.25) is 24.1 Å². The van der Waals surface area contributed by atoms with E-state index in [1.54, 1.807) is 30.0 Å². The largest absolute Gasteiger partial charge is 0.507 e. The summed E-state index contributed by atoms with van der Waals surface area (Å²) >= 11 is 0. The van der Waals surface area contributed by atoms with Gasteiger partial charge >= 0.3 is 0 Å². The monoisotopic (exact) mass is 577 g/mol. The molecule has 1 saturated heterocycles.